The number of nitrogens with two attached hydrogens (primary N) is 2. The molecule has 6 rings (SSSR count). The minimum atomic E-state index is -1.50. The second-order valence-electron chi connectivity index (χ2n) is 9.62. The zero-order chi connectivity index (χ0) is 28.8. The first-order valence-electron chi connectivity index (χ1n) is 12.5. The summed E-state index contributed by atoms with van der Waals surface area (Å²) in [4.78, 5) is 61.7. The molecule has 3 aromatic heterocycles. The maximum atomic E-state index is 13.2. The molecule has 2 fully saturated rings. The first-order chi connectivity index (χ1) is 19.7. The number of carbonyl (C=O) groups excluding carboxylic acids is 4. The van der Waals surface area contributed by atoms with Crippen molar-refractivity contribution >= 4 is 74.0 Å². The molecule has 2 aliphatic heterocycles. The third-order valence-electron chi connectivity index (χ3n) is 6.95. The van der Waals surface area contributed by atoms with Gasteiger partial charge in [-0.25, -0.2) is 4.57 Å². The summed E-state index contributed by atoms with van der Waals surface area (Å²) in [5.41, 5.74) is 11.4. The molecule has 3 aromatic rings. The Hall–Kier alpha value is -4.03. The number of rotatable bonds is 9. The number of nitrogens with one attached hydrogen (secondary N) is 1. The number of nitrogen functional groups attached to an aromatic ring is 1. The molecule has 0 bridgehead atoms. The molecule has 18 heteroatoms. The van der Waals surface area contributed by atoms with Gasteiger partial charge in [0.1, 0.15) is 30.3 Å². The number of amides is 3. The van der Waals surface area contributed by atoms with E-state index in [1.54, 1.807) is 26.9 Å². The number of hydrogen-bond acceptors (Lipinski definition) is 13. The predicted octanol–water partition coefficient (Wildman–Crippen LogP) is -1.41. The van der Waals surface area contributed by atoms with Crippen molar-refractivity contribution in [2.24, 2.45) is 10.9 Å². The van der Waals surface area contributed by atoms with Crippen LogP contribution < -0.4 is 26.5 Å². The normalized spacial score (nSPS) is 21.2. The van der Waals surface area contributed by atoms with Gasteiger partial charge in [-0.05, 0) is 25.7 Å². The Kier molecular flexibility index (Phi) is 7.12. The number of hydrogen-bond donors (Lipinski definition) is 3. The quantitative estimate of drug-likeness (QED) is 0.110. The Bertz CT molecular complexity index is 1640. The van der Waals surface area contributed by atoms with E-state index in [0.29, 0.717) is 11.3 Å². The highest BCUT2D eigenvalue weighted by Crippen LogP contribution is 2.40. The van der Waals surface area contributed by atoms with E-state index in [2.05, 4.69) is 19.8 Å². The molecule has 15 nitrogen and oxygen atoms in total. The van der Waals surface area contributed by atoms with Gasteiger partial charge in [-0.15, -0.1) is 11.8 Å². The highest BCUT2D eigenvalue weighted by atomic mass is 32.2. The van der Waals surface area contributed by atoms with E-state index < -0.39 is 35.1 Å². The lowest BCUT2D eigenvalue weighted by Gasteiger charge is -2.50. The van der Waals surface area contributed by atoms with Crippen molar-refractivity contribution < 1.29 is 33.7 Å². The molecule has 0 aromatic carbocycles. The zero-order valence-electron chi connectivity index (χ0n) is 21.2. The minimum Gasteiger partial charge on any atom is -0.543 e. The summed E-state index contributed by atoms with van der Waals surface area (Å²) >= 11 is 3.51. The molecule has 3 amide bonds. The van der Waals surface area contributed by atoms with E-state index in [4.69, 9.17) is 16.3 Å². The Labute approximate surface area is 244 Å². The molecule has 1 saturated heterocycles. The zero-order valence-corrected chi connectivity index (χ0v) is 23.7. The molecule has 2 atom stereocenters. The van der Waals surface area contributed by atoms with Gasteiger partial charge >= 0.3 is 0 Å². The number of nitrogens with zero attached hydrogens (tertiary/aromatic N) is 6. The smallest absolute Gasteiger partial charge is 0.289 e. The number of β-lactam (4-membered cyclic amide) rings is 1. The fourth-order valence-corrected chi connectivity index (χ4v) is 7.69. The van der Waals surface area contributed by atoms with E-state index in [1.165, 1.54) is 23.1 Å². The molecule has 0 radical (unpaired) electrons. The average molecular weight is 618 g/mol. The fourth-order valence-electron chi connectivity index (χ4n) is 5.01. The summed E-state index contributed by atoms with van der Waals surface area (Å²) < 4.78 is 7.38. The molecule has 214 valence electrons. The Morgan fingerprint density at radius 1 is 1.29 bits per heavy atom. The predicted molar refractivity (Wildman–Crippen MR) is 145 cm³/mol. The highest BCUT2D eigenvalue weighted by molar-refractivity contribution is 8.00. The van der Waals surface area contributed by atoms with Crippen LogP contribution in [0, 0.1) is 0 Å². The summed E-state index contributed by atoms with van der Waals surface area (Å²) in [5.74, 6) is -3.19. The van der Waals surface area contributed by atoms with Crippen LogP contribution in [0.25, 0.3) is 4.83 Å². The highest BCUT2D eigenvalue weighted by Gasteiger charge is 2.53. The minimum absolute atomic E-state index is 0.0236. The van der Waals surface area contributed by atoms with Crippen molar-refractivity contribution in [1.29, 1.82) is 0 Å². The molecule has 5 N–H and O–H groups in total. The molecular formula is C23H23N9O6S3. The maximum absolute atomic E-state index is 13.2. The van der Waals surface area contributed by atoms with Gasteiger partial charge in [0.2, 0.25) is 22.1 Å². The molecule has 0 spiro atoms. The van der Waals surface area contributed by atoms with Gasteiger partial charge in [-0.1, -0.05) is 16.5 Å². The van der Waals surface area contributed by atoms with E-state index in [-0.39, 0.29) is 40.8 Å². The number of carbonyl (C=O) groups is 4. The van der Waals surface area contributed by atoms with Crippen molar-refractivity contribution in [2.45, 2.75) is 49.7 Å². The van der Waals surface area contributed by atoms with Gasteiger partial charge in [0.15, 0.2) is 5.13 Å². The van der Waals surface area contributed by atoms with E-state index in [0.717, 1.165) is 46.9 Å². The first-order valence-corrected chi connectivity index (χ1v) is 15.2. The monoisotopic (exact) mass is 617 g/mol. The summed E-state index contributed by atoms with van der Waals surface area (Å²) in [6.07, 6.45) is 6.89. The number of aromatic nitrogens is 4. The Morgan fingerprint density at radius 3 is 2.76 bits per heavy atom. The number of fused-ring (bicyclic) bond motifs is 2. The summed E-state index contributed by atoms with van der Waals surface area (Å²) in [5, 5.41) is 20.0. The number of oxime groups is 1. The van der Waals surface area contributed by atoms with Crippen LogP contribution in [0.5, 0.6) is 0 Å². The number of imidazole rings is 1. The van der Waals surface area contributed by atoms with E-state index in [1.807, 2.05) is 0 Å². The Balaban J connectivity index is 1.20. The van der Waals surface area contributed by atoms with Gasteiger partial charge in [0, 0.05) is 28.2 Å². The van der Waals surface area contributed by atoms with Crippen LogP contribution in [0.1, 0.15) is 42.0 Å². The van der Waals surface area contributed by atoms with Crippen molar-refractivity contribution in [3.05, 3.63) is 40.7 Å². The molecule has 1 aliphatic carbocycles. The molecule has 1 saturated carbocycles. The van der Waals surface area contributed by atoms with Gasteiger partial charge < -0.3 is 31.5 Å². The first kappa shape index (κ1) is 27.2. The van der Waals surface area contributed by atoms with Gasteiger partial charge in [-0.2, -0.15) is 13.8 Å². The van der Waals surface area contributed by atoms with Crippen LogP contribution in [0.3, 0.4) is 0 Å². The van der Waals surface area contributed by atoms with Crippen LogP contribution in [-0.4, -0.2) is 71.3 Å². The van der Waals surface area contributed by atoms with Crippen LogP contribution in [0.15, 0.2) is 34.3 Å². The average Bonchev–Trinajstić information content (AvgIpc) is 3.73. The van der Waals surface area contributed by atoms with Gasteiger partial charge in [0.25, 0.3) is 24.0 Å². The second kappa shape index (κ2) is 10.7. The number of thioether (sulfide) groups is 1. The number of anilines is 1. The van der Waals surface area contributed by atoms with Crippen LogP contribution in [-0.2, 0) is 25.8 Å². The SMILES string of the molecule is NC(=O)c1csc2c[n+](CC3=C(C(=O)[O-])N4C(=O)[C@@H](NC(=O)/C(=N\OC5CCCC5)c5nsc(N)n5)[C@H]4SC3)cn12. The molecule has 0 unspecified atom stereocenters. The lowest BCUT2D eigenvalue weighted by atomic mass is 10.0. The second-order valence-corrected chi connectivity index (χ2v) is 12.4. The topological polar surface area (TPSA) is 214 Å². The van der Waals surface area contributed by atoms with E-state index >= 15 is 0 Å². The molecule has 5 heterocycles. The van der Waals surface area contributed by atoms with Crippen LogP contribution >= 0.6 is 34.6 Å². The van der Waals surface area contributed by atoms with Gasteiger partial charge in [-0.3, -0.25) is 19.3 Å². The summed E-state index contributed by atoms with van der Waals surface area (Å²) in [6, 6.07) is -1.01. The van der Waals surface area contributed by atoms with Crippen LogP contribution in [0.2, 0.25) is 0 Å². The third kappa shape index (κ3) is 5.02. The lowest BCUT2D eigenvalue weighted by molar-refractivity contribution is -0.687. The largest absolute Gasteiger partial charge is 0.543 e. The standard InChI is InChI=1S/C23H23N9O6S3/c24-17(33)12-8-39-13-6-30(9-31(12)13)5-10-7-40-21-15(20(35)32(21)16(10)22(36)37)26-19(34)14(18-27-23(25)41-29-18)28-38-11-3-1-2-4-11/h6,8-9,11,15,21H,1-5,7H2,(H5-,24,25,26,27,29,33,34,36,37)/b28-14-/t15-,21-/m1/s1. The van der Waals surface area contributed by atoms with Crippen molar-refractivity contribution in [2.75, 3.05) is 11.5 Å². The summed E-state index contributed by atoms with van der Waals surface area (Å²) in [6.45, 7) is 0.142. The maximum Gasteiger partial charge on any atom is 0.289 e. The molecular weight excluding hydrogens is 595 g/mol. The number of carboxylic acids is 1. The lowest BCUT2D eigenvalue weighted by Crippen LogP contribution is -2.71. The number of aliphatic carboxylic acids is 1. The number of carboxylic acid groups (broad SMARTS) is 1. The molecule has 3 aliphatic rings. The van der Waals surface area contributed by atoms with Crippen molar-refractivity contribution in [3.63, 3.8) is 0 Å². The number of thiazole rings is 1. The third-order valence-corrected chi connectivity index (χ3v) is 9.71. The van der Waals surface area contributed by atoms with Crippen molar-refractivity contribution in [1.82, 2.24) is 24.0 Å². The molecule has 41 heavy (non-hydrogen) atoms. The fraction of sp³-hybridized carbons (Fsp3) is 0.391. The van der Waals surface area contributed by atoms with Gasteiger partial charge in [0.05, 0.1) is 11.7 Å². The Morgan fingerprint density at radius 2 is 2.07 bits per heavy atom. The van der Waals surface area contributed by atoms with Crippen LogP contribution in [0.4, 0.5) is 5.13 Å². The number of primary amides is 1. The van der Waals surface area contributed by atoms with Crippen molar-refractivity contribution in [3.8, 4) is 0 Å². The van der Waals surface area contributed by atoms with E-state index in [9.17, 15) is 24.3 Å². The summed E-state index contributed by atoms with van der Waals surface area (Å²) in [7, 11) is 0.